The molecule has 0 radical (unpaired) electrons. The highest BCUT2D eigenvalue weighted by atomic mass is 19.1. The van der Waals surface area contributed by atoms with Crippen molar-refractivity contribution >= 4 is 5.91 Å². The Labute approximate surface area is 170 Å². The monoisotopic (exact) mass is 400 g/mol. The molecule has 4 rings (SSSR count). The molecule has 0 aliphatic carbocycles. The van der Waals surface area contributed by atoms with Crippen molar-refractivity contribution in [2.24, 2.45) is 0 Å². The highest BCUT2D eigenvalue weighted by Gasteiger charge is 2.40. The van der Waals surface area contributed by atoms with Crippen molar-refractivity contribution in [3.63, 3.8) is 0 Å². The van der Waals surface area contributed by atoms with E-state index in [9.17, 15) is 13.6 Å². The summed E-state index contributed by atoms with van der Waals surface area (Å²) in [5.74, 6) is 0.376. The van der Waals surface area contributed by atoms with E-state index in [1.165, 1.54) is 12.1 Å². The van der Waals surface area contributed by atoms with Crippen LogP contribution in [0.25, 0.3) is 0 Å². The van der Waals surface area contributed by atoms with Gasteiger partial charge < -0.3 is 9.64 Å². The van der Waals surface area contributed by atoms with Gasteiger partial charge in [0, 0.05) is 25.6 Å². The molecule has 2 aliphatic heterocycles. The lowest BCUT2D eigenvalue weighted by Crippen LogP contribution is -2.49. The van der Waals surface area contributed by atoms with E-state index in [1.54, 1.807) is 24.1 Å². The zero-order chi connectivity index (χ0) is 20.4. The Balaban J connectivity index is 1.36. The largest absolute Gasteiger partial charge is 0.497 e. The fraction of sp³-hybridized carbons (Fsp3) is 0.435. The number of methoxy groups -OCH3 is 1. The number of carbonyl (C=O) groups is 1. The van der Waals surface area contributed by atoms with Gasteiger partial charge in [0.05, 0.1) is 13.2 Å². The SMILES string of the molecule is COc1ccc(C2CCN(C3CCN(Cc4ccc(F)cc4)C3=O)CC2F)cc1. The van der Waals surface area contributed by atoms with Gasteiger partial charge in [0.25, 0.3) is 0 Å². The Kier molecular flexibility index (Phi) is 5.81. The maximum Gasteiger partial charge on any atom is 0.240 e. The molecular weight excluding hydrogens is 374 g/mol. The molecule has 2 fully saturated rings. The molecule has 0 aromatic heterocycles. The zero-order valence-corrected chi connectivity index (χ0v) is 16.6. The van der Waals surface area contributed by atoms with Crippen LogP contribution in [0.15, 0.2) is 48.5 Å². The lowest BCUT2D eigenvalue weighted by molar-refractivity contribution is -0.133. The first-order valence-electron chi connectivity index (χ1n) is 10.1. The third-order valence-corrected chi connectivity index (χ3v) is 6.11. The van der Waals surface area contributed by atoms with Crippen molar-refractivity contribution in [1.29, 1.82) is 0 Å². The second kappa shape index (κ2) is 8.49. The van der Waals surface area contributed by atoms with Crippen molar-refractivity contribution in [2.75, 3.05) is 26.7 Å². The smallest absolute Gasteiger partial charge is 0.240 e. The minimum Gasteiger partial charge on any atom is -0.497 e. The molecule has 2 aromatic rings. The first-order chi connectivity index (χ1) is 14.0. The number of amides is 1. The fourth-order valence-electron chi connectivity index (χ4n) is 4.47. The maximum atomic E-state index is 15.0. The molecule has 1 amide bonds. The van der Waals surface area contributed by atoms with Crippen molar-refractivity contribution < 1.29 is 18.3 Å². The molecule has 0 saturated carbocycles. The van der Waals surface area contributed by atoms with Crippen LogP contribution in [0.4, 0.5) is 8.78 Å². The van der Waals surface area contributed by atoms with E-state index >= 15 is 0 Å². The molecule has 2 heterocycles. The first kappa shape index (κ1) is 19.8. The lowest BCUT2D eigenvalue weighted by Gasteiger charge is -2.37. The standard InChI is InChI=1S/C23H26F2N2O2/c1-29-19-8-4-17(5-9-19)20-10-12-26(15-21(20)25)22-11-13-27(23(22)28)14-16-2-6-18(24)7-3-16/h2-9,20-22H,10-15H2,1H3. The molecule has 3 unspecified atom stereocenters. The number of carbonyl (C=O) groups excluding carboxylic acids is 1. The van der Waals surface area contributed by atoms with Crippen molar-refractivity contribution in [3.8, 4) is 5.75 Å². The van der Waals surface area contributed by atoms with Gasteiger partial charge in [-0.3, -0.25) is 9.69 Å². The lowest BCUT2D eigenvalue weighted by atomic mass is 9.87. The van der Waals surface area contributed by atoms with Crippen LogP contribution in [0.2, 0.25) is 0 Å². The van der Waals surface area contributed by atoms with Gasteiger partial charge in [-0.25, -0.2) is 8.78 Å². The van der Waals surface area contributed by atoms with Crippen molar-refractivity contribution in [2.45, 2.75) is 37.5 Å². The Bertz CT molecular complexity index is 841. The third kappa shape index (κ3) is 4.27. The Morgan fingerprint density at radius 1 is 1.03 bits per heavy atom. The number of alkyl halides is 1. The van der Waals surface area contributed by atoms with Gasteiger partial charge in [-0.1, -0.05) is 24.3 Å². The summed E-state index contributed by atoms with van der Waals surface area (Å²) >= 11 is 0. The molecule has 2 aromatic carbocycles. The normalized spacial score (nSPS) is 25.4. The van der Waals surface area contributed by atoms with Gasteiger partial charge in [-0.15, -0.1) is 0 Å². The average molecular weight is 400 g/mol. The maximum absolute atomic E-state index is 15.0. The zero-order valence-electron chi connectivity index (χ0n) is 16.6. The van der Waals surface area contributed by atoms with E-state index in [0.717, 1.165) is 16.9 Å². The average Bonchev–Trinajstić information content (AvgIpc) is 3.10. The van der Waals surface area contributed by atoms with Crippen LogP contribution >= 0.6 is 0 Å². The molecule has 0 bridgehead atoms. The summed E-state index contributed by atoms with van der Waals surface area (Å²) in [4.78, 5) is 16.7. The molecule has 6 heteroatoms. The van der Waals surface area contributed by atoms with Gasteiger partial charge in [0.2, 0.25) is 5.91 Å². The van der Waals surface area contributed by atoms with Crippen LogP contribution in [0.1, 0.15) is 29.9 Å². The van der Waals surface area contributed by atoms with Crippen LogP contribution < -0.4 is 4.74 Å². The quantitative estimate of drug-likeness (QED) is 0.766. The second-order valence-electron chi connectivity index (χ2n) is 7.87. The van der Waals surface area contributed by atoms with E-state index in [-0.39, 0.29) is 30.2 Å². The Morgan fingerprint density at radius 3 is 2.41 bits per heavy atom. The molecule has 2 saturated heterocycles. The predicted molar refractivity (Wildman–Crippen MR) is 107 cm³/mol. The number of halogens is 2. The van der Waals surface area contributed by atoms with Gasteiger partial charge in [-0.05, 0) is 54.8 Å². The van der Waals surface area contributed by atoms with Crippen molar-refractivity contribution in [3.05, 3.63) is 65.5 Å². The first-order valence-corrected chi connectivity index (χ1v) is 10.1. The van der Waals surface area contributed by atoms with Gasteiger partial charge >= 0.3 is 0 Å². The van der Waals surface area contributed by atoms with Crippen LogP contribution in [-0.2, 0) is 11.3 Å². The van der Waals surface area contributed by atoms with E-state index in [4.69, 9.17) is 4.74 Å². The molecule has 0 spiro atoms. The summed E-state index contributed by atoms with van der Waals surface area (Å²) in [6.07, 6.45) is 0.394. The predicted octanol–water partition coefficient (Wildman–Crippen LogP) is 3.76. The number of piperidine rings is 1. The minimum absolute atomic E-state index is 0.0458. The molecule has 4 nitrogen and oxygen atoms in total. The highest BCUT2D eigenvalue weighted by Crippen LogP contribution is 2.33. The summed E-state index contributed by atoms with van der Waals surface area (Å²) in [6, 6.07) is 13.5. The fourth-order valence-corrected chi connectivity index (χ4v) is 4.47. The van der Waals surface area contributed by atoms with Crippen LogP contribution in [0, 0.1) is 5.82 Å². The molecule has 2 aliphatic rings. The number of rotatable bonds is 5. The number of nitrogens with zero attached hydrogens (tertiary/aromatic N) is 2. The minimum atomic E-state index is -1.00. The summed E-state index contributed by atoms with van der Waals surface area (Å²) in [5.41, 5.74) is 1.88. The summed E-state index contributed by atoms with van der Waals surface area (Å²) in [5, 5.41) is 0. The molecule has 3 atom stereocenters. The highest BCUT2D eigenvalue weighted by molar-refractivity contribution is 5.84. The van der Waals surface area contributed by atoms with Crippen LogP contribution in [0.5, 0.6) is 5.75 Å². The molecule has 0 N–H and O–H groups in total. The van der Waals surface area contributed by atoms with Gasteiger partial charge in [-0.2, -0.15) is 0 Å². The number of hydrogen-bond donors (Lipinski definition) is 0. The second-order valence-corrected chi connectivity index (χ2v) is 7.87. The number of benzene rings is 2. The molecular formula is C23H26F2N2O2. The van der Waals surface area contributed by atoms with E-state index in [1.807, 2.05) is 29.2 Å². The van der Waals surface area contributed by atoms with Crippen molar-refractivity contribution in [1.82, 2.24) is 9.80 Å². The van der Waals surface area contributed by atoms with E-state index in [0.29, 0.717) is 32.5 Å². The van der Waals surface area contributed by atoms with Crippen LogP contribution in [-0.4, -0.2) is 54.7 Å². The molecule has 29 heavy (non-hydrogen) atoms. The van der Waals surface area contributed by atoms with E-state index in [2.05, 4.69) is 0 Å². The number of ether oxygens (including phenoxy) is 1. The van der Waals surface area contributed by atoms with E-state index < -0.39 is 6.17 Å². The Hall–Kier alpha value is -2.47. The number of likely N-dealkylation sites (tertiary alicyclic amines) is 2. The summed E-state index contributed by atoms with van der Waals surface area (Å²) in [7, 11) is 1.61. The Morgan fingerprint density at radius 2 is 1.76 bits per heavy atom. The summed E-state index contributed by atoms with van der Waals surface area (Å²) in [6.45, 7) is 2.10. The molecule has 154 valence electrons. The van der Waals surface area contributed by atoms with Gasteiger partial charge in [0.1, 0.15) is 17.7 Å². The van der Waals surface area contributed by atoms with Gasteiger partial charge in [0.15, 0.2) is 0 Å². The topological polar surface area (TPSA) is 32.8 Å². The summed E-state index contributed by atoms with van der Waals surface area (Å²) < 4.78 is 33.3. The van der Waals surface area contributed by atoms with Crippen LogP contribution in [0.3, 0.4) is 0 Å². The number of hydrogen-bond acceptors (Lipinski definition) is 3. The third-order valence-electron chi connectivity index (χ3n) is 6.11.